The summed E-state index contributed by atoms with van der Waals surface area (Å²) >= 11 is 6.22. The fourth-order valence-corrected chi connectivity index (χ4v) is 2.47. The lowest BCUT2D eigenvalue weighted by Gasteiger charge is -2.08. The zero-order valence-corrected chi connectivity index (χ0v) is 11.7. The molecule has 3 rings (SSSR count). The van der Waals surface area contributed by atoms with E-state index in [1.54, 1.807) is 18.5 Å². The molecule has 0 fully saturated rings. The second kappa shape index (κ2) is 5.77. The molecule has 21 heavy (non-hydrogen) atoms. The molecule has 0 saturated carbocycles. The maximum Gasteiger partial charge on any atom is 0.707 e. The molecule has 0 spiro atoms. The Bertz CT molecular complexity index is 759. The number of imidazole rings is 1. The Hall–Kier alpha value is -2.02. The van der Waals surface area contributed by atoms with Gasteiger partial charge in [0.15, 0.2) is 0 Å². The van der Waals surface area contributed by atoms with E-state index in [9.17, 15) is 0 Å². The van der Waals surface area contributed by atoms with Crippen molar-refractivity contribution in [2.45, 2.75) is 6.54 Å². The van der Waals surface area contributed by atoms with Crippen LogP contribution in [0.2, 0.25) is 5.02 Å². The Morgan fingerprint density at radius 1 is 1.14 bits per heavy atom. The Kier molecular flexibility index (Phi) is 3.83. The minimum Gasteiger partial charge on any atom is -0.512 e. The fraction of sp³-hybridized carbons (Fsp3) is 0.0714. The van der Waals surface area contributed by atoms with Gasteiger partial charge < -0.3 is 19.3 Å². The standard InChI is InChI=1S/C14H12BClN2O3/c16-12-2-1-3-13-14(12)18(9-17-13)8-10-4-6-11(7-5-10)21-15(19)20/h1-7,9,19-20H,8H2. The van der Waals surface area contributed by atoms with E-state index in [1.165, 1.54) is 0 Å². The first-order chi connectivity index (χ1) is 10.1. The largest absolute Gasteiger partial charge is 0.707 e. The monoisotopic (exact) mass is 302 g/mol. The molecule has 5 nitrogen and oxygen atoms in total. The minimum absolute atomic E-state index is 0.391. The van der Waals surface area contributed by atoms with Gasteiger partial charge in [-0.2, -0.15) is 0 Å². The van der Waals surface area contributed by atoms with Gasteiger partial charge in [0.25, 0.3) is 0 Å². The number of hydrogen-bond acceptors (Lipinski definition) is 4. The number of benzene rings is 2. The molecular formula is C14H12BClN2O3. The predicted molar refractivity (Wildman–Crippen MR) is 81.1 cm³/mol. The summed E-state index contributed by atoms with van der Waals surface area (Å²) < 4.78 is 6.73. The van der Waals surface area contributed by atoms with E-state index in [0.29, 0.717) is 17.3 Å². The molecule has 106 valence electrons. The van der Waals surface area contributed by atoms with E-state index in [0.717, 1.165) is 16.6 Å². The Morgan fingerprint density at radius 3 is 2.62 bits per heavy atom. The lowest BCUT2D eigenvalue weighted by atomic mass is 10.2. The lowest BCUT2D eigenvalue weighted by Crippen LogP contribution is -2.20. The molecule has 1 aromatic heterocycles. The highest BCUT2D eigenvalue weighted by Gasteiger charge is 2.11. The van der Waals surface area contributed by atoms with Crippen LogP contribution in [-0.2, 0) is 6.54 Å². The highest BCUT2D eigenvalue weighted by atomic mass is 35.5. The van der Waals surface area contributed by atoms with Crippen molar-refractivity contribution in [2.75, 3.05) is 0 Å². The van der Waals surface area contributed by atoms with E-state index >= 15 is 0 Å². The molecule has 0 aliphatic carbocycles. The summed E-state index contributed by atoms with van der Waals surface area (Å²) in [5, 5.41) is 18.1. The number of nitrogens with zero attached hydrogens (tertiary/aromatic N) is 2. The number of aromatic nitrogens is 2. The van der Waals surface area contributed by atoms with E-state index in [1.807, 2.05) is 34.9 Å². The van der Waals surface area contributed by atoms with Crippen LogP contribution in [0.5, 0.6) is 5.75 Å². The van der Waals surface area contributed by atoms with Crippen LogP contribution in [0, 0.1) is 0 Å². The van der Waals surface area contributed by atoms with Crippen LogP contribution in [0.3, 0.4) is 0 Å². The normalized spacial score (nSPS) is 10.8. The summed E-state index contributed by atoms with van der Waals surface area (Å²) in [5.74, 6) is 0.391. The first kappa shape index (κ1) is 13.9. The average Bonchev–Trinajstić information content (AvgIpc) is 2.85. The van der Waals surface area contributed by atoms with Crippen LogP contribution in [-0.4, -0.2) is 26.9 Å². The van der Waals surface area contributed by atoms with Gasteiger partial charge in [-0.05, 0) is 29.8 Å². The maximum atomic E-state index is 8.74. The van der Waals surface area contributed by atoms with Crippen molar-refractivity contribution in [3.05, 3.63) is 59.4 Å². The number of para-hydroxylation sites is 1. The number of hydrogen-bond donors (Lipinski definition) is 2. The summed E-state index contributed by atoms with van der Waals surface area (Å²) in [6.45, 7) is 0.613. The first-order valence-electron chi connectivity index (χ1n) is 6.34. The summed E-state index contributed by atoms with van der Waals surface area (Å²) in [4.78, 5) is 4.32. The van der Waals surface area contributed by atoms with Crippen molar-refractivity contribution in [3.63, 3.8) is 0 Å². The lowest BCUT2D eigenvalue weighted by molar-refractivity contribution is 0.288. The van der Waals surface area contributed by atoms with Crippen LogP contribution in [0.25, 0.3) is 11.0 Å². The number of fused-ring (bicyclic) bond motifs is 1. The Balaban J connectivity index is 1.85. The topological polar surface area (TPSA) is 67.5 Å². The molecule has 0 amide bonds. The fourth-order valence-electron chi connectivity index (χ4n) is 2.19. The SMILES string of the molecule is OB(O)Oc1ccc(Cn2cnc3cccc(Cl)c32)cc1. The van der Waals surface area contributed by atoms with Gasteiger partial charge in [0.05, 0.1) is 22.4 Å². The Labute approximate surface area is 126 Å². The smallest absolute Gasteiger partial charge is 0.512 e. The molecular weight excluding hydrogens is 290 g/mol. The third kappa shape index (κ3) is 3.02. The quantitative estimate of drug-likeness (QED) is 0.724. The third-order valence-electron chi connectivity index (χ3n) is 3.11. The molecule has 0 aliphatic rings. The molecule has 0 radical (unpaired) electrons. The van der Waals surface area contributed by atoms with E-state index in [4.69, 9.17) is 26.3 Å². The predicted octanol–water partition coefficient (Wildman–Crippen LogP) is 2.09. The van der Waals surface area contributed by atoms with Crippen LogP contribution in [0.4, 0.5) is 0 Å². The van der Waals surface area contributed by atoms with Crippen LogP contribution in [0.15, 0.2) is 48.8 Å². The number of halogens is 1. The average molecular weight is 303 g/mol. The van der Waals surface area contributed by atoms with Gasteiger partial charge in [-0.15, -0.1) is 0 Å². The molecule has 3 aromatic rings. The first-order valence-corrected chi connectivity index (χ1v) is 6.72. The van der Waals surface area contributed by atoms with Crippen LogP contribution in [0.1, 0.15) is 5.56 Å². The van der Waals surface area contributed by atoms with Crippen molar-refractivity contribution in [1.82, 2.24) is 9.55 Å². The van der Waals surface area contributed by atoms with Gasteiger partial charge in [0, 0.05) is 6.54 Å². The van der Waals surface area contributed by atoms with Gasteiger partial charge in [-0.3, -0.25) is 0 Å². The summed E-state index contributed by atoms with van der Waals surface area (Å²) in [5.41, 5.74) is 2.77. The van der Waals surface area contributed by atoms with Crippen molar-refractivity contribution in [3.8, 4) is 5.75 Å². The molecule has 0 saturated heterocycles. The zero-order valence-electron chi connectivity index (χ0n) is 11.0. The van der Waals surface area contributed by atoms with Gasteiger partial charge in [0.2, 0.25) is 0 Å². The van der Waals surface area contributed by atoms with Gasteiger partial charge in [0.1, 0.15) is 5.75 Å². The zero-order chi connectivity index (χ0) is 14.8. The third-order valence-corrected chi connectivity index (χ3v) is 3.41. The molecule has 0 aliphatic heterocycles. The molecule has 0 atom stereocenters. The number of rotatable bonds is 4. The second-order valence-corrected chi connectivity index (χ2v) is 4.98. The highest BCUT2D eigenvalue weighted by Crippen LogP contribution is 2.23. The van der Waals surface area contributed by atoms with Crippen molar-refractivity contribution in [2.24, 2.45) is 0 Å². The molecule has 0 unspecified atom stereocenters. The van der Waals surface area contributed by atoms with Crippen LogP contribution < -0.4 is 4.65 Å². The van der Waals surface area contributed by atoms with Gasteiger partial charge in [-0.1, -0.05) is 29.8 Å². The van der Waals surface area contributed by atoms with Gasteiger partial charge in [-0.25, -0.2) is 4.98 Å². The second-order valence-electron chi connectivity index (χ2n) is 4.57. The van der Waals surface area contributed by atoms with E-state index < -0.39 is 7.32 Å². The van der Waals surface area contributed by atoms with E-state index in [-0.39, 0.29) is 0 Å². The molecule has 7 heteroatoms. The van der Waals surface area contributed by atoms with Crippen molar-refractivity contribution in [1.29, 1.82) is 0 Å². The summed E-state index contributed by atoms with van der Waals surface area (Å²) in [6.07, 6.45) is 1.75. The molecule has 2 aromatic carbocycles. The Morgan fingerprint density at radius 2 is 1.90 bits per heavy atom. The molecule has 0 bridgehead atoms. The van der Waals surface area contributed by atoms with Crippen LogP contribution >= 0.6 is 11.6 Å². The molecule has 1 heterocycles. The van der Waals surface area contributed by atoms with Gasteiger partial charge >= 0.3 is 7.32 Å². The van der Waals surface area contributed by atoms with Crippen molar-refractivity contribution < 1.29 is 14.7 Å². The van der Waals surface area contributed by atoms with Crippen molar-refractivity contribution >= 4 is 30.0 Å². The maximum absolute atomic E-state index is 8.74. The molecule has 2 N–H and O–H groups in total. The highest BCUT2D eigenvalue weighted by molar-refractivity contribution is 6.35. The summed E-state index contributed by atoms with van der Waals surface area (Å²) in [7, 11) is -1.81. The summed E-state index contributed by atoms with van der Waals surface area (Å²) in [6, 6.07) is 12.7. The minimum atomic E-state index is -1.81. The van der Waals surface area contributed by atoms with E-state index in [2.05, 4.69) is 4.98 Å².